The summed E-state index contributed by atoms with van der Waals surface area (Å²) in [5, 5.41) is 5.20. The van der Waals surface area contributed by atoms with E-state index in [0.717, 1.165) is 16.8 Å². The Bertz CT molecular complexity index is 241. The van der Waals surface area contributed by atoms with Gasteiger partial charge in [-0.15, -0.1) is 0 Å². The monoisotopic (exact) mass is 221 g/mol. The lowest BCUT2D eigenvalue weighted by Gasteiger charge is -1.96. The fraction of sp³-hybridized carbons (Fsp3) is 0. The van der Waals surface area contributed by atoms with Crippen molar-refractivity contribution in [1.82, 2.24) is 0 Å². The van der Waals surface area contributed by atoms with E-state index in [2.05, 4.69) is 15.9 Å². The molecule has 10 heavy (non-hydrogen) atoms. The van der Waals surface area contributed by atoms with Crippen molar-refractivity contribution in [1.29, 1.82) is 0 Å². The number of halogens is 2. The molecule has 1 aromatic rings. The maximum Gasteiger partial charge on any atom is 0.138 e. The van der Waals surface area contributed by atoms with Crippen LogP contribution in [0, 0.1) is 5.82 Å². The van der Waals surface area contributed by atoms with E-state index in [1.807, 2.05) is 0 Å². The highest BCUT2D eigenvalue weighted by atomic mass is 79.9. The second-order valence-corrected chi connectivity index (χ2v) is 3.26. The smallest absolute Gasteiger partial charge is 0.138 e. The van der Waals surface area contributed by atoms with E-state index in [1.165, 1.54) is 6.07 Å². The van der Waals surface area contributed by atoms with Crippen molar-refractivity contribution in [3.8, 4) is 0 Å². The van der Waals surface area contributed by atoms with Gasteiger partial charge in [0.1, 0.15) is 5.82 Å². The molecule has 54 valence electrons. The number of rotatable bonds is 1. The van der Waals surface area contributed by atoms with Crippen LogP contribution in [0.4, 0.5) is 4.39 Å². The Morgan fingerprint density at radius 2 is 2.20 bits per heavy atom. The Morgan fingerprint density at radius 1 is 1.50 bits per heavy atom. The SMILES string of the molecule is NSc1ccc(Br)c(F)c1. The first kappa shape index (κ1) is 8.04. The lowest BCUT2D eigenvalue weighted by atomic mass is 10.3. The molecule has 0 aliphatic carbocycles. The minimum absolute atomic E-state index is 0.282. The largest absolute Gasteiger partial charge is 0.274 e. The number of benzene rings is 1. The van der Waals surface area contributed by atoms with Gasteiger partial charge in [0.2, 0.25) is 0 Å². The van der Waals surface area contributed by atoms with Crippen molar-refractivity contribution in [2.24, 2.45) is 5.14 Å². The summed E-state index contributed by atoms with van der Waals surface area (Å²) in [7, 11) is 0. The van der Waals surface area contributed by atoms with Gasteiger partial charge >= 0.3 is 0 Å². The predicted octanol–water partition coefficient (Wildman–Crippen LogP) is 2.55. The van der Waals surface area contributed by atoms with Gasteiger partial charge < -0.3 is 0 Å². The normalized spacial score (nSPS) is 9.90. The predicted molar refractivity (Wildman–Crippen MR) is 44.1 cm³/mol. The standard InChI is InChI=1S/C6H5BrFNS/c7-5-2-1-4(10-9)3-6(5)8/h1-3H,9H2. The fourth-order valence-electron chi connectivity index (χ4n) is 0.550. The molecule has 0 saturated heterocycles. The lowest BCUT2D eigenvalue weighted by molar-refractivity contribution is 0.617. The molecule has 1 aromatic carbocycles. The van der Waals surface area contributed by atoms with E-state index in [4.69, 9.17) is 5.14 Å². The summed E-state index contributed by atoms with van der Waals surface area (Å²) in [6.07, 6.45) is 0. The van der Waals surface area contributed by atoms with Crippen LogP contribution in [0.3, 0.4) is 0 Å². The highest BCUT2D eigenvalue weighted by molar-refractivity contribution is 9.10. The van der Waals surface area contributed by atoms with Crippen LogP contribution in [0.1, 0.15) is 0 Å². The van der Waals surface area contributed by atoms with Crippen molar-refractivity contribution >= 4 is 27.9 Å². The summed E-state index contributed by atoms with van der Waals surface area (Å²) in [5.74, 6) is -0.282. The third kappa shape index (κ3) is 1.71. The molecule has 2 N–H and O–H groups in total. The molecule has 0 heterocycles. The van der Waals surface area contributed by atoms with Crippen LogP contribution in [0.15, 0.2) is 27.6 Å². The number of hydrogen-bond acceptors (Lipinski definition) is 2. The zero-order valence-corrected chi connectivity index (χ0v) is 7.38. The summed E-state index contributed by atoms with van der Waals surface area (Å²) in [6, 6.07) is 4.76. The van der Waals surface area contributed by atoms with E-state index in [1.54, 1.807) is 12.1 Å². The van der Waals surface area contributed by atoms with Gasteiger partial charge in [-0.05, 0) is 46.1 Å². The van der Waals surface area contributed by atoms with Gasteiger partial charge in [0.15, 0.2) is 0 Å². The van der Waals surface area contributed by atoms with Crippen LogP contribution in [0.5, 0.6) is 0 Å². The van der Waals surface area contributed by atoms with E-state index < -0.39 is 0 Å². The molecule has 0 aliphatic heterocycles. The Kier molecular flexibility index (Phi) is 2.71. The Morgan fingerprint density at radius 3 is 2.70 bits per heavy atom. The Hall–Kier alpha value is -0.0600. The van der Waals surface area contributed by atoms with E-state index in [-0.39, 0.29) is 5.82 Å². The molecular formula is C6H5BrFNS. The summed E-state index contributed by atoms with van der Waals surface area (Å²) in [4.78, 5) is 0.723. The van der Waals surface area contributed by atoms with Gasteiger partial charge in [-0.3, -0.25) is 5.14 Å². The van der Waals surface area contributed by atoms with Crippen molar-refractivity contribution in [2.75, 3.05) is 0 Å². The topological polar surface area (TPSA) is 26.0 Å². The van der Waals surface area contributed by atoms with Crippen LogP contribution in [0.25, 0.3) is 0 Å². The average Bonchev–Trinajstić information content (AvgIpc) is 1.95. The zero-order valence-electron chi connectivity index (χ0n) is 4.97. The third-order valence-electron chi connectivity index (χ3n) is 1.03. The second kappa shape index (κ2) is 3.37. The molecule has 0 aliphatic rings. The van der Waals surface area contributed by atoms with Gasteiger partial charge in [-0.2, -0.15) is 0 Å². The molecule has 1 rings (SSSR count). The molecule has 0 saturated carbocycles. The molecule has 4 heteroatoms. The first-order valence-electron chi connectivity index (χ1n) is 2.56. The minimum Gasteiger partial charge on any atom is -0.274 e. The molecule has 0 bridgehead atoms. The molecule has 1 nitrogen and oxygen atoms in total. The van der Waals surface area contributed by atoms with Crippen LogP contribution in [0.2, 0.25) is 0 Å². The Labute approximate surface area is 71.1 Å². The first-order chi connectivity index (χ1) is 4.74. The molecule has 0 amide bonds. The van der Waals surface area contributed by atoms with E-state index >= 15 is 0 Å². The van der Waals surface area contributed by atoms with E-state index in [0.29, 0.717) is 4.47 Å². The van der Waals surface area contributed by atoms with Crippen LogP contribution >= 0.6 is 27.9 Å². The summed E-state index contributed by atoms with van der Waals surface area (Å²) in [5.41, 5.74) is 0. The number of hydrogen-bond donors (Lipinski definition) is 1. The molecule has 0 unspecified atom stereocenters. The van der Waals surface area contributed by atoms with Crippen LogP contribution in [-0.4, -0.2) is 0 Å². The minimum atomic E-state index is -0.282. The summed E-state index contributed by atoms with van der Waals surface area (Å²) in [6.45, 7) is 0. The van der Waals surface area contributed by atoms with E-state index in [9.17, 15) is 4.39 Å². The van der Waals surface area contributed by atoms with Crippen molar-refractivity contribution < 1.29 is 4.39 Å². The van der Waals surface area contributed by atoms with Gasteiger partial charge in [-0.25, -0.2) is 4.39 Å². The second-order valence-electron chi connectivity index (χ2n) is 1.69. The maximum atomic E-state index is 12.7. The average molecular weight is 222 g/mol. The zero-order chi connectivity index (χ0) is 7.56. The molecule has 0 radical (unpaired) electrons. The molecule has 0 spiro atoms. The highest BCUT2D eigenvalue weighted by Crippen LogP contribution is 2.20. The summed E-state index contributed by atoms with van der Waals surface area (Å²) < 4.78 is 13.1. The number of nitrogens with two attached hydrogens (primary N) is 1. The van der Waals surface area contributed by atoms with Crippen LogP contribution < -0.4 is 5.14 Å². The van der Waals surface area contributed by atoms with Crippen LogP contribution in [-0.2, 0) is 0 Å². The van der Waals surface area contributed by atoms with Crippen molar-refractivity contribution in [3.63, 3.8) is 0 Å². The highest BCUT2D eigenvalue weighted by Gasteiger charge is 1.98. The van der Waals surface area contributed by atoms with Crippen molar-refractivity contribution in [2.45, 2.75) is 4.90 Å². The lowest BCUT2D eigenvalue weighted by Crippen LogP contribution is -1.82. The molecule has 0 atom stereocenters. The van der Waals surface area contributed by atoms with Gasteiger partial charge in [-0.1, -0.05) is 0 Å². The fourth-order valence-corrected chi connectivity index (χ4v) is 1.11. The first-order valence-corrected chi connectivity index (χ1v) is 4.23. The summed E-state index contributed by atoms with van der Waals surface area (Å²) >= 11 is 4.06. The molecular weight excluding hydrogens is 217 g/mol. The van der Waals surface area contributed by atoms with Crippen molar-refractivity contribution in [3.05, 3.63) is 28.5 Å². The molecule has 0 fully saturated rings. The third-order valence-corrected chi connectivity index (χ3v) is 2.20. The van der Waals surface area contributed by atoms with Gasteiger partial charge in [0, 0.05) is 4.90 Å². The van der Waals surface area contributed by atoms with Gasteiger partial charge in [0.25, 0.3) is 0 Å². The van der Waals surface area contributed by atoms with Gasteiger partial charge in [0.05, 0.1) is 4.47 Å². The molecule has 0 aromatic heterocycles. The maximum absolute atomic E-state index is 12.7. The quantitative estimate of drug-likeness (QED) is 0.739. The Balaban J connectivity index is 3.04.